The molecule has 1 saturated heterocycles. The number of fused-ring (bicyclic) bond motifs is 1. The third-order valence-electron chi connectivity index (χ3n) is 4.27. The summed E-state index contributed by atoms with van der Waals surface area (Å²) in [5, 5.41) is 9.08. The van der Waals surface area contributed by atoms with Crippen molar-refractivity contribution in [3.05, 3.63) is 60.4 Å². The third-order valence-corrected chi connectivity index (χ3v) is 4.27. The Hall–Kier alpha value is -3.02. The predicted octanol–water partition coefficient (Wildman–Crippen LogP) is 1.99. The van der Waals surface area contributed by atoms with Gasteiger partial charge >= 0.3 is 0 Å². The summed E-state index contributed by atoms with van der Waals surface area (Å²) in [7, 11) is 0. The number of carbonyl (C=O) groups excluding carboxylic acids is 1. The van der Waals surface area contributed by atoms with Crippen molar-refractivity contribution in [1.29, 1.82) is 0 Å². The summed E-state index contributed by atoms with van der Waals surface area (Å²) in [6.45, 7) is 2.81. The van der Waals surface area contributed by atoms with E-state index in [0.717, 1.165) is 29.8 Å². The number of pyridine rings is 1. The van der Waals surface area contributed by atoms with Crippen LogP contribution < -0.4 is 4.90 Å². The first-order chi connectivity index (χ1) is 11.8. The van der Waals surface area contributed by atoms with Gasteiger partial charge in [-0.05, 0) is 24.3 Å². The zero-order chi connectivity index (χ0) is 16.4. The van der Waals surface area contributed by atoms with E-state index in [1.165, 1.54) is 0 Å². The molecular formula is C18H17N5O. The van der Waals surface area contributed by atoms with Crippen molar-refractivity contribution in [2.75, 3.05) is 31.1 Å². The van der Waals surface area contributed by atoms with Gasteiger partial charge < -0.3 is 9.80 Å². The molecule has 6 heteroatoms. The Morgan fingerprint density at radius 2 is 1.75 bits per heavy atom. The van der Waals surface area contributed by atoms with Crippen LogP contribution in [0.3, 0.4) is 0 Å². The molecule has 0 atom stereocenters. The molecule has 0 unspecified atom stereocenters. The van der Waals surface area contributed by atoms with Crippen LogP contribution in [0.4, 0.5) is 5.82 Å². The molecule has 0 N–H and O–H groups in total. The number of hydrogen-bond donors (Lipinski definition) is 0. The van der Waals surface area contributed by atoms with E-state index in [9.17, 15) is 4.79 Å². The van der Waals surface area contributed by atoms with Crippen LogP contribution in [-0.4, -0.2) is 52.2 Å². The van der Waals surface area contributed by atoms with Gasteiger partial charge in [-0.2, -0.15) is 5.10 Å². The van der Waals surface area contributed by atoms with Crippen molar-refractivity contribution in [2.45, 2.75) is 0 Å². The van der Waals surface area contributed by atoms with Crippen molar-refractivity contribution in [3.63, 3.8) is 0 Å². The highest BCUT2D eigenvalue weighted by atomic mass is 16.2. The molecule has 3 aromatic rings. The van der Waals surface area contributed by atoms with Gasteiger partial charge in [-0.15, -0.1) is 5.10 Å². The summed E-state index contributed by atoms with van der Waals surface area (Å²) in [6, 6.07) is 15.4. The van der Waals surface area contributed by atoms with E-state index < -0.39 is 0 Å². The van der Waals surface area contributed by atoms with Crippen molar-refractivity contribution >= 4 is 22.6 Å². The number of aromatic nitrogens is 3. The van der Waals surface area contributed by atoms with E-state index in [1.54, 1.807) is 12.3 Å². The molecule has 1 aliphatic heterocycles. The minimum atomic E-state index is -0.0143. The first kappa shape index (κ1) is 14.6. The van der Waals surface area contributed by atoms with Crippen LogP contribution in [0.5, 0.6) is 0 Å². The van der Waals surface area contributed by atoms with Crippen LogP contribution >= 0.6 is 0 Å². The Bertz CT molecular complexity index is 859. The number of benzene rings is 1. The number of rotatable bonds is 2. The van der Waals surface area contributed by atoms with Gasteiger partial charge in [0.05, 0.1) is 5.52 Å². The van der Waals surface area contributed by atoms with E-state index >= 15 is 0 Å². The zero-order valence-electron chi connectivity index (χ0n) is 13.2. The van der Waals surface area contributed by atoms with E-state index in [1.807, 2.05) is 47.4 Å². The normalized spacial score (nSPS) is 14.8. The molecular weight excluding hydrogens is 302 g/mol. The van der Waals surface area contributed by atoms with Gasteiger partial charge in [0.1, 0.15) is 5.69 Å². The third kappa shape index (κ3) is 2.78. The summed E-state index contributed by atoms with van der Waals surface area (Å²) in [4.78, 5) is 21.2. The highest BCUT2D eigenvalue weighted by molar-refractivity contribution is 5.95. The van der Waals surface area contributed by atoms with Crippen LogP contribution in [0.15, 0.2) is 54.7 Å². The van der Waals surface area contributed by atoms with Crippen LogP contribution in [0.1, 0.15) is 10.5 Å². The van der Waals surface area contributed by atoms with E-state index in [4.69, 9.17) is 0 Å². The number of amides is 1. The van der Waals surface area contributed by atoms with Gasteiger partial charge in [-0.3, -0.25) is 4.79 Å². The summed E-state index contributed by atoms with van der Waals surface area (Å²) >= 11 is 0. The standard InChI is InChI=1S/C18H17N5O/c24-18(16-8-7-14-4-1-2-5-15(14)20-16)23-12-10-22(11-13-23)17-6-3-9-19-21-17/h1-9H,10-13H2. The lowest BCUT2D eigenvalue weighted by molar-refractivity contribution is 0.0741. The number of anilines is 1. The first-order valence-electron chi connectivity index (χ1n) is 7.99. The molecule has 1 aliphatic rings. The monoisotopic (exact) mass is 319 g/mol. The number of hydrogen-bond acceptors (Lipinski definition) is 5. The molecule has 24 heavy (non-hydrogen) atoms. The molecule has 1 aromatic carbocycles. The van der Waals surface area contributed by atoms with Crippen LogP contribution in [0.25, 0.3) is 10.9 Å². The fourth-order valence-corrected chi connectivity index (χ4v) is 2.95. The quantitative estimate of drug-likeness (QED) is 0.723. The van der Waals surface area contributed by atoms with E-state index in [-0.39, 0.29) is 5.91 Å². The lowest BCUT2D eigenvalue weighted by Crippen LogP contribution is -2.49. The summed E-state index contributed by atoms with van der Waals surface area (Å²) < 4.78 is 0. The molecule has 1 amide bonds. The summed E-state index contributed by atoms with van der Waals surface area (Å²) in [5.41, 5.74) is 1.35. The maximum absolute atomic E-state index is 12.7. The SMILES string of the molecule is O=C(c1ccc2ccccc2n1)N1CCN(c2cccnn2)CC1. The Morgan fingerprint density at radius 3 is 2.54 bits per heavy atom. The Balaban J connectivity index is 1.47. The van der Waals surface area contributed by atoms with Gasteiger partial charge in [-0.1, -0.05) is 24.3 Å². The second kappa shape index (κ2) is 6.23. The maximum Gasteiger partial charge on any atom is 0.272 e. The molecule has 4 rings (SSSR count). The fourth-order valence-electron chi connectivity index (χ4n) is 2.95. The van der Waals surface area contributed by atoms with Crippen molar-refractivity contribution in [2.24, 2.45) is 0 Å². The van der Waals surface area contributed by atoms with Crippen LogP contribution in [0, 0.1) is 0 Å². The Morgan fingerprint density at radius 1 is 0.917 bits per heavy atom. The summed E-state index contributed by atoms with van der Waals surface area (Å²) in [5.74, 6) is 0.841. The van der Waals surface area contributed by atoms with E-state index in [2.05, 4.69) is 20.1 Å². The van der Waals surface area contributed by atoms with Gasteiger partial charge in [0.15, 0.2) is 5.82 Å². The predicted molar refractivity (Wildman–Crippen MR) is 91.9 cm³/mol. The van der Waals surface area contributed by atoms with Crippen LogP contribution in [0.2, 0.25) is 0 Å². The number of para-hydroxylation sites is 1. The lowest BCUT2D eigenvalue weighted by atomic mass is 10.2. The zero-order valence-corrected chi connectivity index (χ0v) is 13.2. The number of carbonyl (C=O) groups is 1. The molecule has 120 valence electrons. The molecule has 1 fully saturated rings. The molecule has 0 spiro atoms. The number of nitrogens with zero attached hydrogens (tertiary/aromatic N) is 5. The molecule has 2 aromatic heterocycles. The van der Waals surface area contributed by atoms with Gasteiger partial charge in [0, 0.05) is 37.8 Å². The Labute approximate surface area is 139 Å². The second-order valence-electron chi connectivity index (χ2n) is 5.75. The topological polar surface area (TPSA) is 62.2 Å². The molecule has 0 aliphatic carbocycles. The van der Waals surface area contributed by atoms with Gasteiger partial charge in [-0.25, -0.2) is 4.98 Å². The minimum absolute atomic E-state index is 0.0143. The first-order valence-corrected chi connectivity index (χ1v) is 7.99. The molecule has 0 radical (unpaired) electrons. The van der Waals surface area contributed by atoms with Crippen molar-refractivity contribution in [3.8, 4) is 0 Å². The maximum atomic E-state index is 12.7. The highest BCUT2D eigenvalue weighted by Gasteiger charge is 2.23. The smallest absolute Gasteiger partial charge is 0.272 e. The largest absolute Gasteiger partial charge is 0.352 e. The second-order valence-corrected chi connectivity index (χ2v) is 5.75. The van der Waals surface area contributed by atoms with Gasteiger partial charge in [0.2, 0.25) is 0 Å². The van der Waals surface area contributed by atoms with Gasteiger partial charge in [0.25, 0.3) is 5.91 Å². The average molecular weight is 319 g/mol. The lowest BCUT2D eigenvalue weighted by Gasteiger charge is -2.34. The number of piperazine rings is 1. The molecule has 6 nitrogen and oxygen atoms in total. The highest BCUT2D eigenvalue weighted by Crippen LogP contribution is 2.16. The fraction of sp³-hybridized carbons (Fsp3) is 0.222. The molecule has 0 saturated carbocycles. The minimum Gasteiger partial charge on any atom is -0.352 e. The molecule has 0 bridgehead atoms. The Kier molecular flexibility index (Phi) is 3.78. The molecule has 3 heterocycles. The van der Waals surface area contributed by atoms with Crippen molar-refractivity contribution < 1.29 is 4.79 Å². The summed E-state index contributed by atoms with van der Waals surface area (Å²) in [6.07, 6.45) is 1.66. The average Bonchev–Trinajstić information content (AvgIpc) is 2.68. The van der Waals surface area contributed by atoms with Crippen LogP contribution in [-0.2, 0) is 0 Å². The van der Waals surface area contributed by atoms with Crippen molar-refractivity contribution in [1.82, 2.24) is 20.1 Å². The van der Waals surface area contributed by atoms with E-state index in [0.29, 0.717) is 18.8 Å².